The first-order valence-electron chi connectivity index (χ1n) is 12.1. The average Bonchev–Trinajstić information content (AvgIpc) is 3.34. The van der Waals surface area contributed by atoms with E-state index in [9.17, 15) is 39.0 Å². The Hall–Kier alpha value is -4.03. The van der Waals surface area contributed by atoms with Gasteiger partial charge in [0.05, 0.1) is 30.4 Å². The standard InChI is InChI=1S/C26H26N4O8/c1-29(2)20-14-8-11-7-13-12(16(32)9-30-6-5-28-10-30)3-4-15(31)18(13)21(33)17(11)23(35)26(14,38)24(36)19(22(20)34)25(27)37/h3-6,10-11,14,17,19-20,31,38H,7-9H2,1-2H3,(H2,27,37)/t11-,14-,17?,19?,20-,26-/m0/s1. The summed E-state index contributed by atoms with van der Waals surface area (Å²) in [6, 6.07) is 1.41. The fourth-order valence-electron chi connectivity index (χ4n) is 6.50. The molecule has 12 heteroatoms. The van der Waals surface area contributed by atoms with Gasteiger partial charge in [-0.25, -0.2) is 4.98 Å². The molecule has 0 bridgehead atoms. The van der Waals surface area contributed by atoms with Gasteiger partial charge in [-0.15, -0.1) is 0 Å². The molecule has 0 spiro atoms. The van der Waals surface area contributed by atoms with Gasteiger partial charge in [0.15, 0.2) is 40.4 Å². The highest BCUT2D eigenvalue weighted by Crippen LogP contribution is 2.51. The topological polar surface area (TPSA) is 190 Å². The van der Waals surface area contributed by atoms with Gasteiger partial charge in [-0.1, -0.05) is 0 Å². The summed E-state index contributed by atoms with van der Waals surface area (Å²) in [7, 11) is 3.03. The van der Waals surface area contributed by atoms with Crippen LogP contribution in [0.15, 0.2) is 30.9 Å². The molecule has 4 N–H and O–H groups in total. The molecule has 38 heavy (non-hydrogen) atoms. The van der Waals surface area contributed by atoms with Crippen molar-refractivity contribution in [2.75, 3.05) is 14.1 Å². The van der Waals surface area contributed by atoms with Crippen molar-refractivity contribution in [2.45, 2.75) is 31.0 Å². The second-order valence-electron chi connectivity index (χ2n) is 10.4. The smallest absolute Gasteiger partial charge is 0.235 e. The fraction of sp³-hybridized carbons (Fsp3) is 0.423. The highest BCUT2D eigenvalue weighted by atomic mass is 16.3. The zero-order valence-corrected chi connectivity index (χ0v) is 20.7. The van der Waals surface area contributed by atoms with E-state index in [1.165, 1.54) is 43.7 Å². The number of aliphatic hydroxyl groups is 1. The van der Waals surface area contributed by atoms with E-state index < -0.39 is 70.1 Å². The summed E-state index contributed by atoms with van der Waals surface area (Å²) in [4.78, 5) is 84.4. The average molecular weight is 523 g/mol. The van der Waals surface area contributed by atoms with E-state index in [1.54, 1.807) is 10.8 Å². The summed E-state index contributed by atoms with van der Waals surface area (Å²) in [6.07, 6.45) is 4.51. The van der Waals surface area contributed by atoms with Gasteiger partial charge in [-0.2, -0.15) is 0 Å². The third-order valence-corrected chi connectivity index (χ3v) is 8.13. The number of primary amides is 1. The van der Waals surface area contributed by atoms with Gasteiger partial charge in [-0.3, -0.25) is 33.7 Å². The van der Waals surface area contributed by atoms with Crippen molar-refractivity contribution >= 4 is 34.8 Å². The molecule has 0 saturated heterocycles. The minimum absolute atomic E-state index is 0.0191. The molecule has 2 unspecified atom stereocenters. The van der Waals surface area contributed by atoms with Gasteiger partial charge in [0.25, 0.3) is 0 Å². The first-order valence-corrected chi connectivity index (χ1v) is 12.1. The summed E-state index contributed by atoms with van der Waals surface area (Å²) in [5, 5.41) is 22.2. The van der Waals surface area contributed by atoms with E-state index in [0.29, 0.717) is 0 Å². The van der Waals surface area contributed by atoms with Gasteiger partial charge >= 0.3 is 0 Å². The number of Topliss-reactive ketones (excluding diaryl/α,β-unsaturated/α-hetero) is 5. The van der Waals surface area contributed by atoms with Crippen LogP contribution in [-0.2, 0) is 32.1 Å². The first-order chi connectivity index (χ1) is 17.9. The number of hydrogen-bond acceptors (Lipinski definition) is 10. The molecule has 0 radical (unpaired) electrons. The zero-order valence-electron chi connectivity index (χ0n) is 20.7. The third kappa shape index (κ3) is 3.47. The van der Waals surface area contributed by atoms with E-state index in [-0.39, 0.29) is 41.9 Å². The Morgan fingerprint density at radius 1 is 1.18 bits per heavy atom. The first kappa shape index (κ1) is 25.6. The van der Waals surface area contributed by atoms with Crippen LogP contribution in [0.1, 0.15) is 32.7 Å². The lowest BCUT2D eigenvalue weighted by Crippen LogP contribution is -2.74. The molecule has 1 amide bonds. The zero-order chi connectivity index (χ0) is 27.7. The molecule has 198 valence electrons. The van der Waals surface area contributed by atoms with Crippen LogP contribution >= 0.6 is 0 Å². The molecule has 0 aliphatic heterocycles. The Morgan fingerprint density at radius 3 is 2.50 bits per heavy atom. The quantitative estimate of drug-likeness (QED) is 0.322. The molecule has 2 saturated carbocycles. The van der Waals surface area contributed by atoms with Crippen LogP contribution < -0.4 is 5.73 Å². The number of ketones is 5. The summed E-state index contributed by atoms with van der Waals surface area (Å²) < 4.78 is 1.55. The van der Waals surface area contributed by atoms with Crippen LogP contribution in [0.25, 0.3) is 0 Å². The van der Waals surface area contributed by atoms with Crippen molar-refractivity contribution in [3.05, 3.63) is 47.5 Å². The number of benzene rings is 1. The molecule has 6 atom stereocenters. The number of rotatable bonds is 5. The van der Waals surface area contributed by atoms with Crippen LogP contribution in [-0.4, -0.2) is 85.2 Å². The predicted molar refractivity (Wildman–Crippen MR) is 128 cm³/mol. The maximum absolute atomic E-state index is 13.8. The fourth-order valence-corrected chi connectivity index (χ4v) is 6.50. The number of hydrogen-bond donors (Lipinski definition) is 3. The molecule has 3 aliphatic rings. The number of likely N-dealkylation sites (N-methyl/N-ethyl adjacent to an activating group) is 1. The van der Waals surface area contributed by atoms with E-state index in [2.05, 4.69) is 4.98 Å². The van der Waals surface area contributed by atoms with E-state index >= 15 is 0 Å². The van der Waals surface area contributed by atoms with Crippen LogP contribution in [0.2, 0.25) is 0 Å². The Bertz CT molecular complexity index is 1410. The molecule has 2 fully saturated rings. The number of carbonyl (C=O) groups excluding carboxylic acids is 6. The van der Waals surface area contributed by atoms with Crippen LogP contribution in [0, 0.1) is 23.7 Å². The lowest BCUT2D eigenvalue weighted by atomic mass is 9.52. The Morgan fingerprint density at radius 2 is 1.89 bits per heavy atom. The number of fused-ring (bicyclic) bond motifs is 3. The highest BCUT2D eigenvalue weighted by Gasteiger charge is 2.69. The summed E-state index contributed by atoms with van der Waals surface area (Å²) >= 11 is 0. The molecule has 3 aliphatic carbocycles. The lowest BCUT2D eigenvalue weighted by Gasteiger charge is -2.52. The number of imidazole rings is 1. The number of carbonyl (C=O) groups is 6. The van der Waals surface area contributed by atoms with Crippen LogP contribution in [0.4, 0.5) is 0 Å². The predicted octanol–water partition coefficient (Wildman–Crippen LogP) is -1.05. The molecule has 12 nitrogen and oxygen atoms in total. The van der Waals surface area contributed by atoms with Crippen molar-refractivity contribution in [1.29, 1.82) is 0 Å². The van der Waals surface area contributed by atoms with Gasteiger partial charge in [0, 0.05) is 23.9 Å². The molecule has 5 rings (SSSR count). The maximum atomic E-state index is 13.8. The maximum Gasteiger partial charge on any atom is 0.235 e. The number of aromatic nitrogens is 2. The summed E-state index contributed by atoms with van der Waals surface area (Å²) in [5.41, 5.74) is 2.77. The monoisotopic (exact) mass is 522 g/mol. The number of aromatic hydroxyl groups is 1. The van der Waals surface area contributed by atoms with Crippen molar-refractivity contribution in [3.63, 3.8) is 0 Å². The van der Waals surface area contributed by atoms with Crippen molar-refractivity contribution in [3.8, 4) is 5.75 Å². The number of nitrogens with zero attached hydrogens (tertiary/aromatic N) is 3. The van der Waals surface area contributed by atoms with E-state index in [1.807, 2.05) is 0 Å². The minimum Gasteiger partial charge on any atom is -0.507 e. The number of phenols is 1. The van der Waals surface area contributed by atoms with Crippen molar-refractivity contribution in [1.82, 2.24) is 14.5 Å². The highest BCUT2D eigenvalue weighted by molar-refractivity contribution is 6.32. The van der Waals surface area contributed by atoms with Gasteiger partial charge in [-0.05, 0) is 50.6 Å². The number of amides is 1. The third-order valence-electron chi connectivity index (χ3n) is 8.13. The second kappa shape index (κ2) is 8.77. The van der Waals surface area contributed by atoms with Gasteiger partial charge in [0.1, 0.15) is 5.75 Å². The number of nitrogens with two attached hydrogens (primary N) is 1. The van der Waals surface area contributed by atoms with Crippen molar-refractivity contribution in [2.24, 2.45) is 29.4 Å². The molecule has 1 heterocycles. The summed E-state index contributed by atoms with van der Waals surface area (Å²) in [6.45, 7) is -0.0684. The van der Waals surface area contributed by atoms with E-state index in [0.717, 1.165) is 0 Å². The van der Waals surface area contributed by atoms with Gasteiger partial charge < -0.3 is 20.5 Å². The summed E-state index contributed by atoms with van der Waals surface area (Å²) in [5.74, 6) is -11.7. The Kier molecular flexibility index (Phi) is 5.91. The molecular formula is C26H26N4O8. The van der Waals surface area contributed by atoms with E-state index in [4.69, 9.17) is 5.73 Å². The SMILES string of the molecule is CN(C)[C@@H]1C(=O)C(C(N)=O)C(=O)[C@@]2(O)C(=O)C3C(=O)c4c(O)ccc(C(=O)Cn5ccnc5)c4C[C@H]3C[C@@H]12. The second-order valence-corrected chi connectivity index (χ2v) is 10.4. The Labute approximate surface area is 216 Å². The molecule has 1 aromatic heterocycles. The Balaban J connectivity index is 1.60. The molecular weight excluding hydrogens is 496 g/mol. The van der Waals surface area contributed by atoms with Crippen LogP contribution in [0.3, 0.4) is 0 Å². The largest absolute Gasteiger partial charge is 0.507 e. The van der Waals surface area contributed by atoms with Gasteiger partial charge in [0.2, 0.25) is 5.91 Å². The molecule has 2 aromatic rings. The molecule has 1 aromatic carbocycles. The minimum atomic E-state index is -2.79. The van der Waals surface area contributed by atoms with Crippen molar-refractivity contribution < 1.29 is 39.0 Å². The lowest BCUT2D eigenvalue weighted by molar-refractivity contribution is -0.181. The normalized spacial score (nSPS) is 30.6. The number of phenolic OH excluding ortho intramolecular Hbond substituents is 1. The van der Waals surface area contributed by atoms with Crippen LogP contribution in [0.5, 0.6) is 5.75 Å².